The van der Waals surface area contributed by atoms with Crippen LogP contribution in [0, 0.1) is 0 Å². The second-order valence-corrected chi connectivity index (χ2v) is 6.98. The molecular weight excluding hydrogens is 413 g/mol. The molecule has 0 fully saturated rings. The number of halogens is 3. The Balaban J connectivity index is 1.45. The van der Waals surface area contributed by atoms with Crippen LogP contribution in [-0.4, -0.2) is 28.2 Å². The number of nitrogens with one attached hydrogen (secondary N) is 2. The highest BCUT2D eigenvalue weighted by Crippen LogP contribution is 2.31. The third-order valence-corrected chi connectivity index (χ3v) is 4.76. The van der Waals surface area contributed by atoms with Crippen LogP contribution < -0.4 is 15.4 Å². The molecule has 0 spiro atoms. The van der Waals surface area contributed by atoms with E-state index in [1.54, 1.807) is 25.1 Å². The number of ether oxygens (including phenoxy) is 1. The number of anilines is 1. The molecule has 0 radical (unpaired) electrons. The van der Waals surface area contributed by atoms with Gasteiger partial charge in [-0.15, -0.1) is 0 Å². The number of alkyl halides is 3. The quantitative estimate of drug-likeness (QED) is 0.661. The lowest BCUT2D eigenvalue weighted by Gasteiger charge is -2.21. The molecule has 4 rings (SSSR count). The maximum absolute atomic E-state index is 12.7. The highest BCUT2D eigenvalue weighted by molar-refractivity contribution is 5.96. The molecule has 31 heavy (non-hydrogen) atoms. The Morgan fingerprint density at radius 3 is 2.61 bits per heavy atom. The average molecular weight is 430 g/mol. The van der Waals surface area contributed by atoms with Crippen molar-refractivity contribution < 1.29 is 27.5 Å². The molecule has 10 heteroatoms. The van der Waals surface area contributed by atoms with Crippen molar-refractivity contribution in [2.75, 3.05) is 11.9 Å². The number of hydrogen-bond acceptors (Lipinski definition) is 4. The van der Waals surface area contributed by atoms with Gasteiger partial charge in [-0.3, -0.25) is 9.59 Å². The van der Waals surface area contributed by atoms with Crippen LogP contribution in [0.2, 0.25) is 0 Å². The molecule has 2 aromatic carbocycles. The lowest BCUT2D eigenvalue weighted by Crippen LogP contribution is -2.28. The van der Waals surface area contributed by atoms with Crippen molar-refractivity contribution in [3.05, 3.63) is 71.5 Å². The molecule has 1 unspecified atom stereocenters. The van der Waals surface area contributed by atoms with Crippen molar-refractivity contribution in [2.45, 2.75) is 19.1 Å². The average Bonchev–Trinajstić information content (AvgIpc) is 3.24. The molecule has 0 saturated carbocycles. The van der Waals surface area contributed by atoms with Crippen LogP contribution in [0.4, 0.5) is 18.9 Å². The van der Waals surface area contributed by atoms with E-state index >= 15 is 0 Å². The van der Waals surface area contributed by atoms with E-state index in [0.29, 0.717) is 22.7 Å². The summed E-state index contributed by atoms with van der Waals surface area (Å²) in [5.41, 5.74) is 1.05. The van der Waals surface area contributed by atoms with Crippen molar-refractivity contribution >= 4 is 17.5 Å². The molecule has 2 N–H and O–H groups in total. The van der Waals surface area contributed by atoms with Gasteiger partial charge in [0.2, 0.25) is 0 Å². The van der Waals surface area contributed by atoms with Crippen LogP contribution in [0.3, 0.4) is 0 Å². The molecule has 1 atom stereocenters. The van der Waals surface area contributed by atoms with Crippen molar-refractivity contribution in [3.63, 3.8) is 0 Å². The summed E-state index contributed by atoms with van der Waals surface area (Å²) in [6.07, 6.45) is -3.31. The van der Waals surface area contributed by atoms with E-state index < -0.39 is 11.9 Å². The second kappa shape index (κ2) is 7.78. The van der Waals surface area contributed by atoms with Gasteiger partial charge in [-0.05, 0) is 55.0 Å². The predicted octanol–water partition coefficient (Wildman–Crippen LogP) is 3.71. The standard InChI is InChI=1S/C21H17F3N4O3/c1-12(14-4-7-17-16(10-14)26-19(29)11-31-17)25-20(30)13-2-5-15(6-3-13)28-9-8-18(27-28)21(22,23)24/h2-10,12H,11H2,1H3,(H,25,30)(H,26,29). The maximum Gasteiger partial charge on any atom is 0.435 e. The maximum atomic E-state index is 12.7. The molecule has 160 valence electrons. The van der Waals surface area contributed by atoms with Gasteiger partial charge in [0, 0.05) is 11.8 Å². The second-order valence-electron chi connectivity index (χ2n) is 6.98. The van der Waals surface area contributed by atoms with E-state index in [0.717, 1.165) is 16.3 Å². The first-order valence-electron chi connectivity index (χ1n) is 9.31. The first-order chi connectivity index (χ1) is 14.7. The number of hydrogen-bond donors (Lipinski definition) is 2. The van der Waals surface area contributed by atoms with E-state index in [2.05, 4.69) is 15.7 Å². The molecule has 0 bridgehead atoms. The Kier molecular flexibility index (Phi) is 5.14. The third-order valence-electron chi connectivity index (χ3n) is 4.76. The van der Waals surface area contributed by atoms with E-state index in [4.69, 9.17) is 4.74 Å². The van der Waals surface area contributed by atoms with Gasteiger partial charge < -0.3 is 15.4 Å². The highest BCUT2D eigenvalue weighted by Gasteiger charge is 2.33. The highest BCUT2D eigenvalue weighted by atomic mass is 19.4. The fourth-order valence-electron chi connectivity index (χ4n) is 3.12. The number of rotatable bonds is 4. The minimum Gasteiger partial charge on any atom is -0.482 e. The molecular formula is C21H17F3N4O3. The monoisotopic (exact) mass is 430 g/mol. The van der Waals surface area contributed by atoms with Gasteiger partial charge in [0.05, 0.1) is 17.4 Å². The Hall–Kier alpha value is -3.82. The summed E-state index contributed by atoms with van der Waals surface area (Å²) in [5.74, 6) is -0.0424. The summed E-state index contributed by atoms with van der Waals surface area (Å²) >= 11 is 0. The van der Waals surface area contributed by atoms with Gasteiger partial charge in [0.15, 0.2) is 12.3 Å². The Morgan fingerprint density at radius 1 is 1.19 bits per heavy atom. The Morgan fingerprint density at radius 2 is 1.94 bits per heavy atom. The zero-order chi connectivity index (χ0) is 22.2. The summed E-state index contributed by atoms with van der Waals surface area (Å²) in [6.45, 7) is 1.76. The van der Waals surface area contributed by atoms with Crippen molar-refractivity contribution in [2.24, 2.45) is 0 Å². The van der Waals surface area contributed by atoms with Crippen LogP contribution in [0.1, 0.15) is 34.6 Å². The first-order valence-corrected chi connectivity index (χ1v) is 9.31. The normalized spacial score (nSPS) is 14.3. The third kappa shape index (κ3) is 4.37. The molecule has 7 nitrogen and oxygen atoms in total. The number of carbonyl (C=O) groups excluding carboxylic acids is 2. The van der Waals surface area contributed by atoms with Crippen molar-refractivity contribution in [3.8, 4) is 11.4 Å². The minimum absolute atomic E-state index is 0.0370. The van der Waals surface area contributed by atoms with E-state index in [1.165, 1.54) is 30.5 Å². The molecule has 2 amide bonds. The van der Waals surface area contributed by atoms with Gasteiger partial charge >= 0.3 is 6.18 Å². The first kappa shape index (κ1) is 20.5. The molecule has 1 aromatic heterocycles. The minimum atomic E-state index is -4.52. The summed E-state index contributed by atoms with van der Waals surface area (Å²) in [4.78, 5) is 24.1. The van der Waals surface area contributed by atoms with Crippen molar-refractivity contribution in [1.29, 1.82) is 0 Å². The molecule has 1 aliphatic rings. The zero-order valence-electron chi connectivity index (χ0n) is 16.2. The van der Waals surface area contributed by atoms with Gasteiger partial charge in [-0.2, -0.15) is 18.3 Å². The van der Waals surface area contributed by atoms with E-state index in [-0.39, 0.29) is 24.5 Å². The summed E-state index contributed by atoms with van der Waals surface area (Å²) in [5, 5.41) is 9.07. The fourth-order valence-corrected chi connectivity index (χ4v) is 3.12. The van der Waals surface area contributed by atoms with Crippen LogP contribution >= 0.6 is 0 Å². The largest absolute Gasteiger partial charge is 0.482 e. The topological polar surface area (TPSA) is 85.3 Å². The van der Waals surface area contributed by atoms with Crippen LogP contribution in [0.25, 0.3) is 5.69 Å². The molecule has 1 aliphatic heterocycles. The summed E-state index contributed by atoms with van der Waals surface area (Å²) in [7, 11) is 0. The molecule has 0 saturated heterocycles. The Bertz CT molecular complexity index is 1140. The van der Waals surface area contributed by atoms with Gasteiger partial charge in [-0.1, -0.05) is 6.07 Å². The lowest BCUT2D eigenvalue weighted by atomic mass is 10.1. The number of amides is 2. The van der Waals surface area contributed by atoms with Gasteiger partial charge in [0.25, 0.3) is 11.8 Å². The molecule has 0 aliphatic carbocycles. The Labute approximate surface area is 174 Å². The number of nitrogens with zero attached hydrogens (tertiary/aromatic N) is 2. The van der Waals surface area contributed by atoms with Crippen LogP contribution in [0.15, 0.2) is 54.7 Å². The smallest absolute Gasteiger partial charge is 0.435 e. The summed E-state index contributed by atoms with van der Waals surface area (Å²) < 4.78 is 44.5. The number of benzene rings is 2. The van der Waals surface area contributed by atoms with Gasteiger partial charge in [-0.25, -0.2) is 4.68 Å². The van der Waals surface area contributed by atoms with Crippen LogP contribution in [-0.2, 0) is 11.0 Å². The predicted molar refractivity (Wildman–Crippen MR) is 105 cm³/mol. The van der Waals surface area contributed by atoms with Crippen LogP contribution in [0.5, 0.6) is 5.75 Å². The zero-order valence-corrected chi connectivity index (χ0v) is 16.2. The molecule has 3 aromatic rings. The number of fused-ring (bicyclic) bond motifs is 1. The van der Waals surface area contributed by atoms with E-state index in [1.807, 2.05) is 0 Å². The summed E-state index contributed by atoms with van der Waals surface area (Å²) in [6, 6.07) is 11.8. The van der Waals surface area contributed by atoms with Crippen molar-refractivity contribution in [1.82, 2.24) is 15.1 Å². The number of carbonyl (C=O) groups is 2. The van der Waals surface area contributed by atoms with Gasteiger partial charge in [0.1, 0.15) is 5.75 Å². The lowest BCUT2D eigenvalue weighted by molar-refractivity contribution is -0.141. The van der Waals surface area contributed by atoms with E-state index in [9.17, 15) is 22.8 Å². The fraction of sp³-hybridized carbons (Fsp3) is 0.190. The SMILES string of the molecule is CC(NC(=O)c1ccc(-n2ccc(C(F)(F)F)n2)cc1)c1ccc2c(c1)NC(=O)CO2. The number of aromatic nitrogens is 2. The molecule has 2 heterocycles.